The highest BCUT2D eigenvalue weighted by Crippen LogP contribution is 1.59. The van der Waals surface area contributed by atoms with Gasteiger partial charge in [0.15, 0.2) is 0 Å². The Morgan fingerprint density at radius 3 is 1.00 bits per heavy atom. The van der Waals surface area contributed by atoms with E-state index in [2.05, 4.69) is 0 Å². The van der Waals surface area contributed by atoms with E-state index in [1.54, 1.807) is 0 Å². The van der Waals surface area contributed by atoms with Gasteiger partial charge in [0, 0.05) is 6.92 Å². The second kappa shape index (κ2) is 8.70. The zero-order chi connectivity index (χ0) is 11.7. The Bertz CT molecular complexity index is 210. The lowest BCUT2D eigenvalue weighted by molar-refractivity contribution is -0.134. The fourth-order valence-electron chi connectivity index (χ4n) is 0. The number of carbonyl (C=O) groups is 2. The Hall–Kier alpha value is -1.39. The highest BCUT2D eigenvalue weighted by Gasteiger charge is 1.84. The van der Waals surface area contributed by atoms with Crippen molar-refractivity contribution in [3.63, 3.8) is 0 Å². The smallest absolute Gasteiger partial charge is 0.481 e. The van der Waals surface area contributed by atoms with Gasteiger partial charge in [0.1, 0.15) is 0 Å². The van der Waals surface area contributed by atoms with Crippen LogP contribution in [0.25, 0.3) is 0 Å². The molecule has 0 saturated carbocycles. The van der Waals surface area contributed by atoms with Crippen molar-refractivity contribution >= 4 is 22.5 Å². The number of hydrogen-bond acceptors (Lipinski definition) is 4. The quantitative estimate of drug-likeness (QED) is 0.342. The predicted octanol–water partition coefficient (Wildman–Crippen LogP) is -0.339. The molecule has 0 amide bonds. The lowest BCUT2D eigenvalue weighted by Crippen LogP contribution is -1.89. The second-order valence-electron chi connectivity index (χ2n) is 1.25. The van der Waals surface area contributed by atoms with Gasteiger partial charge in [0.25, 0.3) is 5.97 Å². The van der Waals surface area contributed by atoms with Crippen LogP contribution in [-0.4, -0.2) is 45.0 Å². The first-order valence-electron chi connectivity index (χ1n) is 2.28. The van der Waals surface area contributed by atoms with E-state index in [-0.39, 0.29) is 0 Å². The number of carboxylic acids is 1. The van der Waals surface area contributed by atoms with Crippen LogP contribution in [-0.2, 0) is 15.2 Å². The normalized spacial score (nSPS) is 8.23. The van der Waals surface area contributed by atoms with Crippen molar-refractivity contribution in [1.82, 2.24) is 0 Å². The van der Waals surface area contributed by atoms with E-state index >= 15 is 0 Å². The third kappa shape index (κ3) is 407. The molecule has 0 aliphatic heterocycles. The Labute approximate surface area is 72.8 Å². The Balaban J connectivity index is -0.000000117. The van der Waals surface area contributed by atoms with E-state index < -0.39 is 22.5 Å². The van der Waals surface area contributed by atoms with Gasteiger partial charge in [-0.25, -0.2) is 4.79 Å². The van der Waals surface area contributed by atoms with Gasteiger partial charge in [-0.05, 0) is 0 Å². The Morgan fingerprint density at radius 2 is 1.00 bits per heavy atom. The molecule has 0 aromatic heterocycles. The summed E-state index contributed by atoms with van der Waals surface area (Å²) in [6.45, 7) is 1.08. The second-order valence-corrected chi connectivity index (χ2v) is 2.15. The third-order valence-corrected chi connectivity index (χ3v) is 0. The molecule has 10 heteroatoms. The minimum atomic E-state index is -4.67. The van der Waals surface area contributed by atoms with Crippen molar-refractivity contribution in [1.29, 1.82) is 0 Å². The van der Waals surface area contributed by atoms with Crippen molar-refractivity contribution < 1.29 is 42.4 Å². The highest BCUT2D eigenvalue weighted by atomic mass is 32.3. The van der Waals surface area contributed by atoms with Crippen LogP contribution in [0.1, 0.15) is 6.92 Å². The molecule has 0 aliphatic rings. The molecule has 0 radical (unpaired) electrons. The monoisotopic (exact) mass is 220 g/mol. The predicted molar refractivity (Wildman–Crippen MR) is 38.1 cm³/mol. The summed E-state index contributed by atoms with van der Waals surface area (Å²) in [5, 5.41) is 21.4. The topological polar surface area (TPSA) is 169 Å². The van der Waals surface area contributed by atoms with E-state index in [0.717, 1.165) is 6.92 Å². The molecule has 0 rings (SSSR count). The first-order chi connectivity index (χ1) is 5.46. The molecule has 9 nitrogen and oxygen atoms in total. The molecule has 0 spiro atoms. The minimum Gasteiger partial charge on any atom is -0.481 e. The van der Waals surface area contributed by atoms with Crippen molar-refractivity contribution in [2.24, 2.45) is 0 Å². The minimum absolute atomic E-state index is 0.833. The van der Waals surface area contributed by atoms with Gasteiger partial charge < -0.3 is 15.3 Å². The third-order valence-electron chi connectivity index (χ3n) is 0. The zero-order valence-corrected chi connectivity index (χ0v) is 7.09. The summed E-state index contributed by atoms with van der Waals surface area (Å²) in [6, 6.07) is 0. The molecule has 13 heavy (non-hydrogen) atoms. The maximum Gasteiger partial charge on any atom is 0.503 e. The van der Waals surface area contributed by atoms with E-state index in [0.29, 0.717) is 0 Å². The molecule has 0 aromatic carbocycles. The molecule has 0 bridgehead atoms. The van der Waals surface area contributed by atoms with Crippen LogP contribution in [0.5, 0.6) is 0 Å². The number of hydrogen-bond donors (Lipinski definition) is 5. The summed E-state index contributed by atoms with van der Waals surface area (Å²) >= 11 is 0. The molecule has 0 aromatic rings. The average molecular weight is 220 g/mol. The summed E-state index contributed by atoms with van der Waals surface area (Å²) in [6.07, 6.45) is -1.83. The van der Waals surface area contributed by atoms with E-state index in [4.69, 9.17) is 42.4 Å². The van der Waals surface area contributed by atoms with Gasteiger partial charge in [0.05, 0.1) is 0 Å². The van der Waals surface area contributed by atoms with Crippen molar-refractivity contribution in [2.45, 2.75) is 6.92 Å². The maximum absolute atomic E-state index is 9.00. The molecule has 0 aliphatic carbocycles. The Kier molecular flexibility index (Phi) is 11.8. The van der Waals surface area contributed by atoms with Crippen LogP contribution in [0.15, 0.2) is 0 Å². The molecule has 0 saturated heterocycles. The van der Waals surface area contributed by atoms with Crippen LogP contribution in [0.2, 0.25) is 0 Å². The maximum atomic E-state index is 9.00. The van der Waals surface area contributed by atoms with E-state index in [1.807, 2.05) is 0 Å². The molecular weight excluding hydrogens is 212 g/mol. The summed E-state index contributed by atoms with van der Waals surface area (Å²) in [4.78, 5) is 17.6. The van der Waals surface area contributed by atoms with Crippen LogP contribution in [0.4, 0.5) is 4.79 Å². The molecule has 80 valence electrons. The van der Waals surface area contributed by atoms with Crippen LogP contribution in [0, 0.1) is 0 Å². The number of carboxylic acid groups (broad SMARTS) is 3. The summed E-state index contributed by atoms with van der Waals surface area (Å²) < 4.78 is 31.6. The molecule has 0 unspecified atom stereocenters. The van der Waals surface area contributed by atoms with E-state index in [1.165, 1.54) is 0 Å². The number of rotatable bonds is 0. The van der Waals surface area contributed by atoms with Gasteiger partial charge in [0.2, 0.25) is 0 Å². The van der Waals surface area contributed by atoms with Gasteiger partial charge in [-0.3, -0.25) is 13.9 Å². The van der Waals surface area contributed by atoms with Gasteiger partial charge >= 0.3 is 16.6 Å². The lowest BCUT2D eigenvalue weighted by Gasteiger charge is -1.68. The summed E-state index contributed by atoms with van der Waals surface area (Å²) in [5.74, 6) is -0.833. The van der Waals surface area contributed by atoms with Crippen LogP contribution < -0.4 is 0 Å². The summed E-state index contributed by atoms with van der Waals surface area (Å²) in [7, 11) is -4.67. The van der Waals surface area contributed by atoms with E-state index in [9.17, 15) is 0 Å². The molecule has 5 N–H and O–H groups in total. The molecular formula is C3H8O9S. The SMILES string of the molecule is CC(=O)O.O=C(O)O.O=S(=O)(O)O. The van der Waals surface area contributed by atoms with Crippen LogP contribution in [0.3, 0.4) is 0 Å². The zero-order valence-electron chi connectivity index (χ0n) is 6.28. The fourth-order valence-corrected chi connectivity index (χ4v) is 0. The first kappa shape index (κ1) is 17.6. The molecule has 0 heterocycles. The van der Waals surface area contributed by atoms with Gasteiger partial charge in [-0.15, -0.1) is 0 Å². The van der Waals surface area contributed by atoms with Crippen LogP contribution >= 0.6 is 0 Å². The Morgan fingerprint density at radius 1 is 1.00 bits per heavy atom. The number of aliphatic carboxylic acids is 1. The molecule has 0 atom stereocenters. The van der Waals surface area contributed by atoms with Crippen molar-refractivity contribution in [2.75, 3.05) is 0 Å². The fraction of sp³-hybridized carbons (Fsp3) is 0.333. The van der Waals surface area contributed by atoms with Gasteiger partial charge in [-0.1, -0.05) is 0 Å². The molecule has 0 fully saturated rings. The van der Waals surface area contributed by atoms with Crippen molar-refractivity contribution in [3.05, 3.63) is 0 Å². The average Bonchev–Trinajstić information content (AvgIpc) is 1.50. The highest BCUT2D eigenvalue weighted by molar-refractivity contribution is 7.79. The first-order valence-corrected chi connectivity index (χ1v) is 3.67. The largest absolute Gasteiger partial charge is 0.503 e. The van der Waals surface area contributed by atoms with Crippen molar-refractivity contribution in [3.8, 4) is 0 Å². The lowest BCUT2D eigenvalue weighted by atomic mass is 10.9. The standard InChI is InChI=1S/C2H4O2.CH2O3.H2O4S/c1-2(3)4;2-1(3)4;1-5(2,3)4/h1H3,(H,3,4);(H2,2,3,4);(H2,1,2,3,4). The summed E-state index contributed by atoms with van der Waals surface area (Å²) in [5.41, 5.74) is 0. The van der Waals surface area contributed by atoms with Gasteiger partial charge in [-0.2, -0.15) is 8.42 Å².